The molecule has 1 aromatic carbocycles. The van der Waals surface area contributed by atoms with Crippen LogP contribution in [0.5, 0.6) is 0 Å². The molecule has 1 N–H and O–H groups in total. The zero-order valence-electron chi connectivity index (χ0n) is 20.6. The van der Waals surface area contributed by atoms with E-state index in [-0.39, 0.29) is 5.97 Å². The van der Waals surface area contributed by atoms with Crippen LogP contribution in [0, 0.1) is 0 Å². The van der Waals surface area contributed by atoms with E-state index >= 15 is 0 Å². The van der Waals surface area contributed by atoms with Crippen molar-refractivity contribution >= 4 is 19.7 Å². The van der Waals surface area contributed by atoms with Gasteiger partial charge < -0.3 is 10.1 Å². The molecule has 1 aromatic rings. The number of ether oxygens (including phenoxy) is 1. The fourth-order valence-corrected chi connectivity index (χ4v) is 5.15. The van der Waals surface area contributed by atoms with Crippen molar-refractivity contribution in [3.63, 3.8) is 0 Å². The van der Waals surface area contributed by atoms with Crippen molar-refractivity contribution in [2.75, 3.05) is 12.4 Å². The van der Waals surface area contributed by atoms with Gasteiger partial charge in [0.05, 0.1) is 15.2 Å². The first kappa shape index (κ1) is 26.5. The zero-order valence-corrected chi connectivity index (χ0v) is 21.6. The van der Waals surface area contributed by atoms with Crippen LogP contribution in [0.2, 0.25) is 24.2 Å². The van der Waals surface area contributed by atoms with Crippen LogP contribution in [-0.2, 0) is 16.0 Å². The van der Waals surface area contributed by atoms with Gasteiger partial charge in [-0.2, -0.15) is 0 Å². The van der Waals surface area contributed by atoms with Crippen molar-refractivity contribution in [1.82, 2.24) is 0 Å². The van der Waals surface area contributed by atoms with Crippen molar-refractivity contribution in [1.29, 1.82) is 0 Å². The molecule has 0 aromatic heterocycles. The third-order valence-electron chi connectivity index (χ3n) is 6.60. The van der Waals surface area contributed by atoms with E-state index in [1.165, 1.54) is 50.8 Å². The number of carbonyl (C=O) groups excluding carboxylic acids is 1. The van der Waals surface area contributed by atoms with E-state index in [4.69, 9.17) is 4.74 Å². The van der Waals surface area contributed by atoms with Gasteiger partial charge in [-0.05, 0) is 42.0 Å². The molecule has 0 saturated carbocycles. The lowest BCUT2D eigenvalue weighted by molar-refractivity contribution is -0.134. The highest BCUT2D eigenvalue weighted by Crippen LogP contribution is 2.39. The maximum atomic E-state index is 11.7. The predicted molar refractivity (Wildman–Crippen MR) is 134 cm³/mol. The largest absolute Gasteiger partial charge is 0.466 e. The number of rotatable bonds is 13. The highest BCUT2D eigenvalue weighted by Gasteiger charge is 2.33. The molecule has 4 heteroatoms. The lowest BCUT2D eigenvalue weighted by atomic mass is 10.1. The third-order valence-corrected chi connectivity index (χ3v) is 12.3. The van der Waals surface area contributed by atoms with Crippen molar-refractivity contribution in [2.24, 2.45) is 0 Å². The minimum absolute atomic E-state index is 0.298. The Labute approximate surface area is 186 Å². The van der Waals surface area contributed by atoms with Crippen LogP contribution in [0.25, 0.3) is 0 Å². The molecule has 0 aliphatic carbocycles. The van der Waals surface area contributed by atoms with E-state index in [0.29, 0.717) is 5.04 Å². The Morgan fingerprint density at radius 3 is 2.23 bits per heavy atom. The number of nitrogens with one attached hydrogen (secondary N) is 1. The smallest absolute Gasteiger partial charge is 0.332 e. The van der Waals surface area contributed by atoms with Crippen molar-refractivity contribution < 1.29 is 9.53 Å². The Balaban J connectivity index is 2.61. The molecule has 0 aliphatic heterocycles. The minimum Gasteiger partial charge on any atom is -0.466 e. The summed E-state index contributed by atoms with van der Waals surface area (Å²) >= 11 is 0. The molecule has 0 aliphatic rings. The van der Waals surface area contributed by atoms with Crippen LogP contribution in [0.4, 0.5) is 5.69 Å². The Morgan fingerprint density at radius 1 is 1.03 bits per heavy atom. The quantitative estimate of drug-likeness (QED) is 0.149. The molecule has 30 heavy (non-hydrogen) atoms. The van der Waals surface area contributed by atoms with Gasteiger partial charge in [-0.1, -0.05) is 91.1 Å². The van der Waals surface area contributed by atoms with Gasteiger partial charge in [0.15, 0.2) is 0 Å². The molecular weight excluding hydrogens is 386 g/mol. The fourth-order valence-electron chi connectivity index (χ4n) is 3.34. The Morgan fingerprint density at radius 2 is 1.67 bits per heavy atom. The molecule has 170 valence electrons. The average Bonchev–Trinajstić information content (AvgIpc) is 2.68. The molecule has 0 bridgehead atoms. The van der Waals surface area contributed by atoms with Gasteiger partial charge in [0, 0.05) is 17.5 Å². The highest BCUT2D eigenvalue weighted by molar-refractivity contribution is 6.80. The van der Waals surface area contributed by atoms with Crippen LogP contribution in [-0.4, -0.2) is 21.2 Å². The Hall–Kier alpha value is -1.55. The first-order valence-corrected chi connectivity index (χ1v) is 14.9. The minimum atomic E-state index is -1.20. The Kier molecular flexibility index (Phi) is 11.5. The summed E-state index contributed by atoms with van der Waals surface area (Å²) in [5, 5.41) is 3.89. The first-order valence-electron chi connectivity index (χ1n) is 11.7. The number of hydrogen-bond donors (Lipinski definition) is 1. The van der Waals surface area contributed by atoms with Gasteiger partial charge in [-0.25, -0.2) is 4.79 Å². The summed E-state index contributed by atoms with van der Waals surface area (Å²) in [4.78, 5) is 11.7. The summed E-state index contributed by atoms with van der Waals surface area (Å²) in [7, 11) is 0.231. The zero-order chi connectivity index (χ0) is 22.6. The second-order valence-electron chi connectivity index (χ2n) is 10.2. The predicted octanol–water partition coefficient (Wildman–Crippen LogP) is 7.96. The van der Waals surface area contributed by atoms with E-state index in [2.05, 4.69) is 70.4 Å². The average molecular weight is 432 g/mol. The van der Waals surface area contributed by atoms with Crippen molar-refractivity contribution in [2.45, 2.75) is 103 Å². The molecule has 0 spiro atoms. The molecule has 0 heterocycles. The molecule has 1 rings (SSSR count). The highest BCUT2D eigenvalue weighted by atomic mass is 28.3. The van der Waals surface area contributed by atoms with Gasteiger partial charge in [0.25, 0.3) is 0 Å². The van der Waals surface area contributed by atoms with Crippen LogP contribution >= 0.6 is 0 Å². The van der Waals surface area contributed by atoms with Crippen molar-refractivity contribution in [3.8, 4) is 0 Å². The topological polar surface area (TPSA) is 38.3 Å². The summed E-state index contributed by atoms with van der Waals surface area (Å²) in [6, 6.07) is 10.0. The normalized spacial score (nSPS) is 12.7. The second-order valence-corrected chi connectivity index (χ2v) is 15.9. The maximum absolute atomic E-state index is 11.7. The molecular formula is C26H45NO2Si. The van der Waals surface area contributed by atoms with E-state index in [1.807, 2.05) is 0 Å². The standard InChI is InChI=1S/C26H45NO2Si/c1-8-9-10-11-12-15-24(21-25(28)29-5)27-23-18-16-22(17-19-23)14-13-20-30(6,7)26(2,3)4/h16-19,21,27H,8-15,20H2,1-7H3. The molecule has 0 unspecified atom stereocenters. The van der Waals surface area contributed by atoms with Gasteiger partial charge >= 0.3 is 5.97 Å². The summed E-state index contributed by atoms with van der Waals surface area (Å²) < 4.78 is 4.83. The fraction of sp³-hybridized carbons (Fsp3) is 0.654. The van der Waals surface area contributed by atoms with E-state index in [1.54, 1.807) is 6.08 Å². The summed E-state index contributed by atoms with van der Waals surface area (Å²) in [6.07, 6.45) is 10.9. The van der Waals surface area contributed by atoms with E-state index in [9.17, 15) is 4.79 Å². The number of allylic oxidation sites excluding steroid dienone is 1. The maximum Gasteiger partial charge on any atom is 0.332 e. The SMILES string of the molecule is CCCCCCCC(=CC(=O)OC)Nc1ccc(CCC[Si](C)(C)C(C)(C)C)cc1. The second kappa shape index (κ2) is 13.0. The summed E-state index contributed by atoms with van der Waals surface area (Å²) in [5.41, 5.74) is 3.35. The van der Waals surface area contributed by atoms with Gasteiger partial charge in [0.1, 0.15) is 0 Å². The van der Waals surface area contributed by atoms with Gasteiger partial charge in [0.2, 0.25) is 0 Å². The number of esters is 1. The van der Waals surface area contributed by atoms with E-state index in [0.717, 1.165) is 30.6 Å². The third kappa shape index (κ3) is 9.97. The lowest BCUT2D eigenvalue weighted by Crippen LogP contribution is -2.36. The number of anilines is 1. The number of aryl methyl sites for hydroxylation is 1. The van der Waals surface area contributed by atoms with Crippen LogP contribution < -0.4 is 5.32 Å². The van der Waals surface area contributed by atoms with Crippen LogP contribution in [0.15, 0.2) is 36.0 Å². The molecule has 0 atom stereocenters. The molecule has 3 nitrogen and oxygen atoms in total. The lowest BCUT2D eigenvalue weighted by Gasteiger charge is -2.37. The van der Waals surface area contributed by atoms with Crippen LogP contribution in [0.1, 0.15) is 78.2 Å². The number of hydrogen-bond acceptors (Lipinski definition) is 3. The summed E-state index contributed by atoms with van der Waals surface area (Å²) in [6.45, 7) is 14.4. The van der Waals surface area contributed by atoms with Gasteiger partial charge in [-0.15, -0.1) is 0 Å². The molecule has 0 amide bonds. The number of methoxy groups -OCH3 is 1. The first-order chi connectivity index (χ1) is 14.1. The summed E-state index contributed by atoms with van der Waals surface area (Å²) in [5.74, 6) is -0.298. The molecule has 0 fully saturated rings. The molecule has 0 saturated heterocycles. The number of benzene rings is 1. The van der Waals surface area contributed by atoms with Crippen molar-refractivity contribution in [3.05, 3.63) is 41.6 Å². The number of unbranched alkanes of at least 4 members (excludes halogenated alkanes) is 4. The number of carbonyl (C=O) groups is 1. The van der Waals surface area contributed by atoms with Crippen LogP contribution in [0.3, 0.4) is 0 Å². The monoisotopic (exact) mass is 431 g/mol. The molecule has 0 radical (unpaired) electrons. The Bertz CT molecular complexity index is 657. The van der Waals surface area contributed by atoms with Gasteiger partial charge in [-0.3, -0.25) is 0 Å². The van der Waals surface area contributed by atoms with E-state index < -0.39 is 8.07 Å².